The van der Waals surface area contributed by atoms with Crippen LogP contribution < -0.4 is 10.2 Å². The zero-order chi connectivity index (χ0) is 21.4. The van der Waals surface area contributed by atoms with Crippen LogP contribution in [0.1, 0.15) is 54.4 Å². The number of nitrogens with zero attached hydrogens (tertiary/aromatic N) is 1. The predicted octanol–water partition coefficient (Wildman–Crippen LogP) is 7.44. The third-order valence-corrected chi connectivity index (χ3v) is 3.74. The van der Waals surface area contributed by atoms with Gasteiger partial charge in [-0.2, -0.15) is 0 Å². The van der Waals surface area contributed by atoms with Crippen LogP contribution >= 0.6 is 0 Å². The van der Waals surface area contributed by atoms with Gasteiger partial charge in [-0.15, -0.1) is 0 Å². The summed E-state index contributed by atoms with van der Waals surface area (Å²) < 4.78 is 13.3. The van der Waals surface area contributed by atoms with E-state index < -0.39 is 0 Å². The van der Waals surface area contributed by atoms with Crippen molar-refractivity contribution in [3.8, 4) is 0 Å². The van der Waals surface area contributed by atoms with Crippen LogP contribution in [0.15, 0.2) is 73.2 Å². The molecule has 0 saturated carbocycles. The van der Waals surface area contributed by atoms with Crippen LogP contribution in [0.25, 0.3) is 0 Å². The molecule has 1 atom stereocenters. The van der Waals surface area contributed by atoms with E-state index in [9.17, 15) is 4.39 Å². The van der Waals surface area contributed by atoms with Crippen molar-refractivity contribution in [2.75, 3.05) is 11.9 Å². The molecule has 0 saturated heterocycles. The molecule has 0 spiro atoms. The topological polar surface area (TPSA) is 15.3 Å². The summed E-state index contributed by atoms with van der Waals surface area (Å²) in [6.45, 7) is 24.3. The molecule has 1 aromatic rings. The lowest BCUT2D eigenvalue weighted by Gasteiger charge is -2.32. The highest BCUT2D eigenvalue weighted by molar-refractivity contribution is 5.58. The number of halogens is 1. The van der Waals surface area contributed by atoms with E-state index in [1.807, 2.05) is 45.7 Å². The Bertz CT molecular complexity index is 585. The number of anilines is 1. The van der Waals surface area contributed by atoms with Gasteiger partial charge in [0.15, 0.2) is 0 Å². The van der Waals surface area contributed by atoms with Crippen LogP contribution in [0.4, 0.5) is 10.1 Å². The van der Waals surface area contributed by atoms with Crippen LogP contribution in [0.2, 0.25) is 0 Å². The molecule has 2 nitrogen and oxygen atoms in total. The third kappa shape index (κ3) is 9.28. The van der Waals surface area contributed by atoms with Gasteiger partial charge in [0.1, 0.15) is 11.6 Å². The summed E-state index contributed by atoms with van der Waals surface area (Å²) >= 11 is 0. The van der Waals surface area contributed by atoms with Crippen LogP contribution in [0, 0.1) is 11.7 Å². The summed E-state index contributed by atoms with van der Waals surface area (Å²) in [6.07, 6.45) is 5.71. The smallest absolute Gasteiger partial charge is 0.123 e. The SMILES string of the molecule is C=CC(=C)/C=C(\NC)N(C(=C)C(C)CCC)c1ccc(F)cc1.CC.CC. The van der Waals surface area contributed by atoms with Gasteiger partial charge in [0.05, 0.1) is 0 Å². The molecular weight excluding hydrogens is 335 g/mol. The standard InChI is InChI=1S/C20H27FN2.2C2H6/c1-7-9-16(4)17(5)23(19-12-10-18(21)11-13-19)20(22-6)14-15(3)8-2;2*1-2/h8,10-14,16,22H,2-3,5,7,9H2,1,4,6H3;2*1-2H3/b20-14+;;. The largest absolute Gasteiger partial charge is 0.374 e. The average molecular weight is 375 g/mol. The van der Waals surface area contributed by atoms with Crippen molar-refractivity contribution in [1.29, 1.82) is 0 Å². The second-order valence-electron chi connectivity index (χ2n) is 5.55. The number of rotatable bonds is 9. The van der Waals surface area contributed by atoms with E-state index in [0.29, 0.717) is 5.92 Å². The molecule has 0 fully saturated rings. The number of nitrogens with one attached hydrogen (secondary N) is 1. The summed E-state index contributed by atoms with van der Waals surface area (Å²) in [7, 11) is 1.84. The van der Waals surface area contributed by atoms with Gasteiger partial charge in [-0.05, 0) is 48.3 Å². The minimum absolute atomic E-state index is 0.258. The molecule has 1 unspecified atom stereocenters. The summed E-state index contributed by atoms with van der Waals surface area (Å²) in [6, 6.07) is 6.41. The van der Waals surface area contributed by atoms with Crippen molar-refractivity contribution >= 4 is 5.69 Å². The quantitative estimate of drug-likeness (QED) is 0.452. The summed E-state index contributed by atoms with van der Waals surface area (Å²) in [4.78, 5) is 2.01. The Balaban J connectivity index is 0. The van der Waals surface area contributed by atoms with E-state index >= 15 is 0 Å². The normalized spacial score (nSPS) is 11.0. The van der Waals surface area contributed by atoms with Crippen LogP contribution in [0.5, 0.6) is 0 Å². The van der Waals surface area contributed by atoms with Crippen molar-refractivity contribution < 1.29 is 4.39 Å². The van der Waals surface area contributed by atoms with Gasteiger partial charge in [-0.3, -0.25) is 0 Å². The van der Waals surface area contributed by atoms with Crippen molar-refractivity contribution in [2.24, 2.45) is 5.92 Å². The number of benzene rings is 1. The predicted molar refractivity (Wildman–Crippen MR) is 121 cm³/mol. The molecule has 0 amide bonds. The lowest BCUT2D eigenvalue weighted by Crippen LogP contribution is -2.31. The lowest BCUT2D eigenvalue weighted by atomic mass is 10.0. The van der Waals surface area contributed by atoms with Crippen molar-refractivity contribution in [2.45, 2.75) is 54.4 Å². The van der Waals surface area contributed by atoms with E-state index in [0.717, 1.165) is 35.6 Å². The highest BCUT2D eigenvalue weighted by Crippen LogP contribution is 2.29. The van der Waals surface area contributed by atoms with Gasteiger partial charge >= 0.3 is 0 Å². The highest BCUT2D eigenvalue weighted by atomic mass is 19.1. The van der Waals surface area contributed by atoms with Gasteiger partial charge in [0.25, 0.3) is 0 Å². The minimum Gasteiger partial charge on any atom is -0.374 e. The Kier molecular flexibility index (Phi) is 15.9. The van der Waals surface area contributed by atoms with Crippen LogP contribution in [-0.4, -0.2) is 7.05 Å². The fourth-order valence-corrected chi connectivity index (χ4v) is 2.35. The van der Waals surface area contributed by atoms with E-state index in [1.54, 1.807) is 18.2 Å². The molecule has 0 aliphatic rings. The molecule has 0 aliphatic heterocycles. The second kappa shape index (κ2) is 15.9. The Morgan fingerprint density at radius 3 is 2.07 bits per heavy atom. The van der Waals surface area contributed by atoms with Crippen molar-refractivity contribution in [3.05, 3.63) is 79.1 Å². The first-order valence-corrected chi connectivity index (χ1v) is 9.89. The molecule has 1 rings (SSSR count). The molecule has 1 aromatic carbocycles. The van der Waals surface area contributed by atoms with Crippen molar-refractivity contribution in [1.82, 2.24) is 5.32 Å². The zero-order valence-corrected chi connectivity index (χ0v) is 18.4. The van der Waals surface area contributed by atoms with Gasteiger partial charge < -0.3 is 10.2 Å². The Morgan fingerprint density at radius 1 is 1.15 bits per heavy atom. The number of hydrogen-bond donors (Lipinski definition) is 1. The number of allylic oxidation sites excluding steroid dienone is 4. The van der Waals surface area contributed by atoms with E-state index in [2.05, 4.69) is 38.9 Å². The summed E-state index contributed by atoms with van der Waals surface area (Å²) in [5.41, 5.74) is 2.60. The fraction of sp³-hybridized carbons (Fsp3) is 0.417. The first kappa shape index (κ1) is 26.9. The Labute approximate surface area is 167 Å². The molecule has 0 radical (unpaired) electrons. The van der Waals surface area contributed by atoms with Gasteiger partial charge in [0, 0.05) is 18.4 Å². The molecule has 0 heterocycles. The minimum atomic E-state index is -0.258. The summed E-state index contributed by atoms with van der Waals surface area (Å²) in [5, 5.41) is 3.18. The molecule has 0 aliphatic carbocycles. The van der Waals surface area contributed by atoms with E-state index in [1.165, 1.54) is 12.1 Å². The summed E-state index contributed by atoms with van der Waals surface area (Å²) in [5.74, 6) is 0.875. The van der Waals surface area contributed by atoms with Crippen molar-refractivity contribution in [3.63, 3.8) is 0 Å². The lowest BCUT2D eigenvalue weighted by molar-refractivity contribution is 0.585. The molecule has 3 heteroatoms. The van der Waals surface area contributed by atoms with E-state index in [4.69, 9.17) is 0 Å². The molecular formula is C24H39FN2. The maximum Gasteiger partial charge on any atom is 0.123 e. The van der Waals surface area contributed by atoms with Crippen LogP contribution in [-0.2, 0) is 0 Å². The molecule has 152 valence electrons. The maximum absolute atomic E-state index is 13.3. The first-order chi connectivity index (χ1) is 12.9. The third-order valence-electron chi connectivity index (χ3n) is 3.74. The zero-order valence-electron chi connectivity index (χ0n) is 18.4. The van der Waals surface area contributed by atoms with Gasteiger partial charge in [0.2, 0.25) is 0 Å². The average Bonchev–Trinajstić information content (AvgIpc) is 2.71. The molecule has 27 heavy (non-hydrogen) atoms. The fourth-order valence-electron chi connectivity index (χ4n) is 2.35. The molecule has 0 bridgehead atoms. The first-order valence-electron chi connectivity index (χ1n) is 9.89. The number of hydrogen-bond acceptors (Lipinski definition) is 2. The highest BCUT2D eigenvalue weighted by Gasteiger charge is 2.19. The van der Waals surface area contributed by atoms with E-state index in [-0.39, 0.29) is 5.82 Å². The Morgan fingerprint density at radius 2 is 1.67 bits per heavy atom. The van der Waals surface area contributed by atoms with Gasteiger partial charge in [-0.1, -0.05) is 73.8 Å². The Hall–Kier alpha value is -2.29. The van der Waals surface area contributed by atoms with Gasteiger partial charge in [-0.25, -0.2) is 4.39 Å². The maximum atomic E-state index is 13.3. The monoisotopic (exact) mass is 374 g/mol. The molecule has 0 aromatic heterocycles. The second-order valence-corrected chi connectivity index (χ2v) is 5.55. The van der Waals surface area contributed by atoms with Crippen LogP contribution in [0.3, 0.4) is 0 Å². The molecule has 1 N–H and O–H groups in total.